The minimum absolute atomic E-state index is 0.207. The Balaban J connectivity index is 2.00. The fourth-order valence-corrected chi connectivity index (χ4v) is 4.92. The van der Waals surface area contributed by atoms with Crippen LogP contribution in [-0.4, -0.2) is 36.3 Å². The summed E-state index contributed by atoms with van der Waals surface area (Å²) in [6.45, 7) is 3.79. The zero-order valence-electron chi connectivity index (χ0n) is 14.6. The van der Waals surface area contributed by atoms with Gasteiger partial charge in [0.1, 0.15) is 0 Å². The Morgan fingerprint density at radius 1 is 1.00 bits per heavy atom. The van der Waals surface area contributed by atoms with Crippen LogP contribution in [0, 0.1) is 0 Å². The molecule has 0 radical (unpaired) electrons. The Hall–Kier alpha value is -2.50. The number of nitrogens with one attached hydrogen (secondary N) is 2. The number of hydrogen-bond acceptors (Lipinski definition) is 4. The van der Waals surface area contributed by atoms with Gasteiger partial charge in [0.25, 0.3) is 0 Å². The molecule has 0 aliphatic heterocycles. The van der Waals surface area contributed by atoms with Crippen molar-refractivity contribution in [3.05, 3.63) is 48.5 Å². The molecule has 2 aromatic rings. The van der Waals surface area contributed by atoms with Crippen LogP contribution >= 0.6 is 0 Å². The second-order valence-corrected chi connectivity index (χ2v) is 10.3. The molecule has 2 rings (SSSR count). The molecule has 0 heterocycles. The number of hydrogen-bond donors (Lipinski definition) is 3. The molecule has 0 saturated carbocycles. The number of anilines is 2. The van der Waals surface area contributed by atoms with E-state index in [0.29, 0.717) is 23.7 Å². The Morgan fingerprint density at radius 3 is 2.08 bits per heavy atom. The zero-order chi connectivity index (χ0) is 19.2. The standard InChI is InChI=1S/C18H21AsN2O5/c1-3-26-17-10-8-16(9-11-17)21-18(23)12-19(24,25)14-4-6-15(7-5-14)20-13(2)22/h4-11H,3,12H2,1-2H3,(H,20,22)(H,21,23)(H,24,25). The SMILES string of the molecule is CCOc1ccc(NC(=O)C[As](=O)(O)c2ccc(NC(C)=O)cc2)cc1. The van der Waals surface area contributed by atoms with Crippen LogP contribution in [0.4, 0.5) is 11.4 Å². The van der Waals surface area contributed by atoms with Gasteiger partial charge in [0, 0.05) is 0 Å². The summed E-state index contributed by atoms with van der Waals surface area (Å²) in [7, 11) is 0. The molecule has 26 heavy (non-hydrogen) atoms. The molecule has 3 N–H and O–H groups in total. The third-order valence-electron chi connectivity index (χ3n) is 3.40. The first-order valence-corrected chi connectivity index (χ1v) is 11.9. The van der Waals surface area contributed by atoms with E-state index in [-0.39, 0.29) is 10.3 Å². The van der Waals surface area contributed by atoms with Crippen molar-refractivity contribution >= 4 is 41.4 Å². The zero-order valence-corrected chi connectivity index (χ0v) is 16.4. The molecule has 0 aliphatic rings. The van der Waals surface area contributed by atoms with E-state index >= 15 is 0 Å². The molecule has 2 amide bonds. The average molecular weight is 420 g/mol. The van der Waals surface area contributed by atoms with E-state index in [4.69, 9.17) is 4.74 Å². The quantitative estimate of drug-likeness (QED) is 0.592. The van der Waals surface area contributed by atoms with Crippen molar-refractivity contribution in [2.75, 3.05) is 17.2 Å². The molecular weight excluding hydrogens is 399 g/mol. The van der Waals surface area contributed by atoms with Crippen LogP contribution in [0.1, 0.15) is 13.8 Å². The van der Waals surface area contributed by atoms with Gasteiger partial charge in [-0.25, -0.2) is 0 Å². The van der Waals surface area contributed by atoms with Gasteiger partial charge >= 0.3 is 154 Å². The summed E-state index contributed by atoms with van der Waals surface area (Å²) < 4.78 is 28.3. The Morgan fingerprint density at radius 2 is 1.54 bits per heavy atom. The Bertz CT molecular complexity index is 818. The van der Waals surface area contributed by atoms with Gasteiger partial charge < -0.3 is 0 Å². The van der Waals surface area contributed by atoms with Gasteiger partial charge in [-0.05, 0) is 0 Å². The summed E-state index contributed by atoms with van der Waals surface area (Å²) in [5, 5.41) is 4.70. The third kappa shape index (κ3) is 5.79. The van der Waals surface area contributed by atoms with Crippen molar-refractivity contribution in [3.63, 3.8) is 0 Å². The van der Waals surface area contributed by atoms with Gasteiger partial charge in [-0.3, -0.25) is 0 Å². The molecule has 0 aromatic heterocycles. The molecule has 0 spiro atoms. The van der Waals surface area contributed by atoms with Crippen molar-refractivity contribution in [2.24, 2.45) is 0 Å². The molecule has 7 nitrogen and oxygen atoms in total. The van der Waals surface area contributed by atoms with Crippen LogP contribution in [0.5, 0.6) is 5.75 Å². The van der Waals surface area contributed by atoms with Crippen LogP contribution in [0.25, 0.3) is 0 Å². The molecule has 0 bridgehead atoms. The summed E-state index contributed by atoms with van der Waals surface area (Å²) in [6, 6.07) is 12.7. The molecule has 1 atom stereocenters. The maximum atomic E-state index is 12.5. The predicted molar refractivity (Wildman–Crippen MR) is 100 cm³/mol. The van der Waals surface area contributed by atoms with Crippen molar-refractivity contribution in [1.29, 1.82) is 0 Å². The van der Waals surface area contributed by atoms with Crippen LogP contribution in [-0.2, 0) is 13.3 Å². The molecule has 0 saturated heterocycles. The average Bonchev–Trinajstić information content (AvgIpc) is 2.56. The normalized spacial score (nSPS) is 12.7. The van der Waals surface area contributed by atoms with Gasteiger partial charge in [0.2, 0.25) is 0 Å². The topological polar surface area (TPSA) is 105 Å². The van der Waals surface area contributed by atoms with Crippen molar-refractivity contribution in [2.45, 2.75) is 19.1 Å². The Kier molecular flexibility index (Phi) is 6.66. The molecular formula is C18H21AsN2O5. The monoisotopic (exact) mass is 420 g/mol. The van der Waals surface area contributed by atoms with Gasteiger partial charge in [-0.1, -0.05) is 0 Å². The molecule has 8 heteroatoms. The first-order valence-electron chi connectivity index (χ1n) is 8.03. The van der Waals surface area contributed by atoms with Crippen LogP contribution in [0.3, 0.4) is 0 Å². The summed E-state index contributed by atoms with van der Waals surface area (Å²) in [5.74, 6) is -0.0863. The number of ether oxygens (including phenoxy) is 1. The molecule has 0 fully saturated rings. The molecule has 2 aromatic carbocycles. The molecule has 0 aliphatic carbocycles. The minimum atomic E-state index is -4.56. The van der Waals surface area contributed by atoms with Crippen molar-refractivity contribution in [1.82, 2.24) is 0 Å². The summed E-state index contributed by atoms with van der Waals surface area (Å²) in [6.07, 6.45) is 0. The second-order valence-electron chi connectivity index (χ2n) is 5.59. The van der Waals surface area contributed by atoms with Gasteiger partial charge in [0.15, 0.2) is 0 Å². The number of carbonyl (C=O) groups is 2. The van der Waals surface area contributed by atoms with Crippen LogP contribution < -0.4 is 19.7 Å². The van der Waals surface area contributed by atoms with E-state index in [1.807, 2.05) is 6.92 Å². The number of benzene rings is 2. The first kappa shape index (κ1) is 19.8. The third-order valence-corrected chi connectivity index (χ3v) is 7.22. The van der Waals surface area contributed by atoms with E-state index in [2.05, 4.69) is 10.6 Å². The van der Waals surface area contributed by atoms with E-state index in [0.717, 1.165) is 0 Å². The van der Waals surface area contributed by atoms with Gasteiger partial charge in [0.05, 0.1) is 0 Å². The van der Waals surface area contributed by atoms with Crippen molar-refractivity contribution < 1.29 is 22.2 Å². The number of rotatable bonds is 7. The van der Waals surface area contributed by atoms with Gasteiger partial charge in [-0.15, -0.1) is 0 Å². The summed E-state index contributed by atoms with van der Waals surface area (Å²) in [5.41, 5.74) is 1.05. The molecule has 1 unspecified atom stereocenters. The number of amides is 2. The van der Waals surface area contributed by atoms with E-state index in [1.165, 1.54) is 31.2 Å². The van der Waals surface area contributed by atoms with Crippen LogP contribution in [0.2, 0.25) is 5.21 Å². The Labute approximate surface area is 154 Å². The van der Waals surface area contributed by atoms with Crippen molar-refractivity contribution in [3.8, 4) is 5.75 Å². The summed E-state index contributed by atoms with van der Waals surface area (Å²) >= 11 is -4.56. The fraction of sp³-hybridized carbons (Fsp3) is 0.222. The predicted octanol–water partition coefficient (Wildman–Crippen LogP) is 1.75. The van der Waals surface area contributed by atoms with E-state index in [1.54, 1.807) is 24.3 Å². The summed E-state index contributed by atoms with van der Waals surface area (Å²) in [4.78, 5) is 23.1. The van der Waals surface area contributed by atoms with Gasteiger partial charge in [-0.2, -0.15) is 0 Å². The maximum absolute atomic E-state index is 12.5. The first-order chi connectivity index (χ1) is 12.3. The number of carbonyl (C=O) groups excluding carboxylic acids is 2. The second kappa shape index (κ2) is 8.74. The van der Waals surface area contributed by atoms with E-state index < -0.39 is 24.9 Å². The van der Waals surface area contributed by atoms with Crippen LogP contribution in [0.15, 0.2) is 48.5 Å². The van der Waals surface area contributed by atoms with E-state index in [9.17, 15) is 17.4 Å². The fourth-order valence-electron chi connectivity index (χ4n) is 2.27. The molecule has 138 valence electrons.